The fourth-order valence-corrected chi connectivity index (χ4v) is 3.45. The second-order valence-corrected chi connectivity index (χ2v) is 6.97. The molecule has 1 aromatic heterocycles. The highest BCUT2D eigenvalue weighted by molar-refractivity contribution is 8.02. The molecule has 2 rings (SSSR count). The molecule has 0 saturated carbocycles. The molecule has 0 spiro atoms. The number of anilines is 2. The van der Waals surface area contributed by atoms with E-state index in [1.165, 1.54) is 35.2 Å². The minimum Gasteiger partial charge on any atom is -0.363 e. The average Bonchev–Trinajstić information content (AvgIpc) is 2.89. The van der Waals surface area contributed by atoms with Crippen molar-refractivity contribution in [2.45, 2.75) is 16.5 Å². The Bertz CT molecular complexity index is 652. The Morgan fingerprint density at radius 1 is 1.48 bits per heavy atom. The van der Waals surface area contributed by atoms with E-state index in [0.29, 0.717) is 15.2 Å². The SMILES string of the molecule is CNc1nnc(S[C@H](C)C(=O)Nc2ccc(F)cc2Cl)s1. The molecule has 1 atom stereocenters. The Balaban J connectivity index is 1.99. The van der Waals surface area contributed by atoms with Crippen LogP contribution < -0.4 is 10.6 Å². The van der Waals surface area contributed by atoms with Crippen LogP contribution >= 0.6 is 34.7 Å². The summed E-state index contributed by atoms with van der Waals surface area (Å²) in [5.74, 6) is -0.691. The minimum absolute atomic E-state index is 0.161. The number of benzene rings is 1. The van der Waals surface area contributed by atoms with Crippen molar-refractivity contribution in [2.24, 2.45) is 0 Å². The van der Waals surface area contributed by atoms with Gasteiger partial charge in [-0.15, -0.1) is 10.2 Å². The van der Waals surface area contributed by atoms with Crippen LogP contribution in [0.4, 0.5) is 15.2 Å². The van der Waals surface area contributed by atoms with E-state index in [-0.39, 0.29) is 16.2 Å². The summed E-state index contributed by atoms with van der Waals surface area (Å²) >= 11 is 8.53. The Morgan fingerprint density at radius 3 is 2.86 bits per heavy atom. The number of carbonyl (C=O) groups excluding carboxylic acids is 1. The van der Waals surface area contributed by atoms with Gasteiger partial charge in [0.2, 0.25) is 11.0 Å². The molecule has 0 fully saturated rings. The lowest BCUT2D eigenvalue weighted by Crippen LogP contribution is -2.22. The first-order valence-corrected chi connectivity index (χ1v) is 8.01. The highest BCUT2D eigenvalue weighted by atomic mass is 35.5. The standard InChI is InChI=1S/C12H12ClFN4OS2/c1-6(20-12-18-17-11(15-2)21-12)10(19)16-9-4-3-7(14)5-8(9)13/h3-6H,1-2H3,(H,15,17)(H,16,19)/t6-/m1/s1. The van der Waals surface area contributed by atoms with E-state index in [0.717, 1.165) is 6.07 Å². The van der Waals surface area contributed by atoms with Crippen LogP contribution in [0, 0.1) is 5.82 Å². The van der Waals surface area contributed by atoms with E-state index in [9.17, 15) is 9.18 Å². The smallest absolute Gasteiger partial charge is 0.237 e. The van der Waals surface area contributed by atoms with Crippen LogP contribution in [-0.4, -0.2) is 28.4 Å². The van der Waals surface area contributed by atoms with Crippen LogP contribution in [-0.2, 0) is 4.79 Å². The summed E-state index contributed by atoms with van der Waals surface area (Å²) in [6.45, 7) is 1.75. The maximum atomic E-state index is 12.9. The van der Waals surface area contributed by atoms with Gasteiger partial charge in [-0.05, 0) is 25.1 Å². The van der Waals surface area contributed by atoms with Crippen LogP contribution in [0.5, 0.6) is 0 Å². The second kappa shape index (κ2) is 7.06. The number of thioether (sulfide) groups is 1. The van der Waals surface area contributed by atoms with Crippen molar-refractivity contribution in [3.63, 3.8) is 0 Å². The minimum atomic E-state index is -0.450. The summed E-state index contributed by atoms with van der Waals surface area (Å²) in [4.78, 5) is 12.1. The molecule has 0 aliphatic heterocycles. The third-order valence-electron chi connectivity index (χ3n) is 2.46. The van der Waals surface area contributed by atoms with Crippen molar-refractivity contribution in [1.82, 2.24) is 10.2 Å². The van der Waals surface area contributed by atoms with Crippen molar-refractivity contribution in [3.8, 4) is 0 Å². The van der Waals surface area contributed by atoms with Crippen LogP contribution in [0.3, 0.4) is 0 Å². The molecule has 0 unspecified atom stereocenters. The number of hydrogen-bond donors (Lipinski definition) is 2. The van der Waals surface area contributed by atoms with E-state index >= 15 is 0 Å². The van der Waals surface area contributed by atoms with Crippen molar-refractivity contribution < 1.29 is 9.18 Å². The molecule has 9 heteroatoms. The average molecular weight is 347 g/mol. The summed E-state index contributed by atoms with van der Waals surface area (Å²) in [6.07, 6.45) is 0. The zero-order chi connectivity index (χ0) is 15.4. The number of carbonyl (C=O) groups is 1. The molecule has 5 nitrogen and oxygen atoms in total. The zero-order valence-corrected chi connectivity index (χ0v) is 13.6. The fourth-order valence-electron chi connectivity index (χ4n) is 1.39. The summed E-state index contributed by atoms with van der Waals surface area (Å²) in [6, 6.07) is 3.82. The topological polar surface area (TPSA) is 66.9 Å². The maximum absolute atomic E-state index is 12.9. The number of rotatable bonds is 5. The van der Waals surface area contributed by atoms with E-state index in [1.54, 1.807) is 14.0 Å². The van der Waals surface area contributed by atoms with Crippen LogP contribution in [0.15, 0.2) is 22.5 Å². The molecule has 0 aliphatic carbocycles. The van der Waals surface area contributed by atoms with Crippen molar-refractivity contribution >= 4 is 51.4 Å². The van der Waals surface area contributed by atoms with Gasteiger partial charge in [0.15, 0.2) is 4.34 Å². The van der Waals surface area contributed by atoms with Gasteiger partial charge in [0.1, 0.15) is 5.82 Å². The van der Waals surface area contributed by atoms with Gasteiger partial charge in [-0.25, -0.2) is 4.39 Å². The van der Waals surface area contributed by atoms with Gasteiger partial charge >= 0.3 is 0 Å². The Hall–Kier alpha value is -1.38. The largest absolute Gasteiger partial charge is 0.363 e. The summed E-state index contributed by atoms with van der Waals surface area (Å²) in [5, 5.41) is 13.9. The maximum Gasteiger partial charge on any atom is 0.237 e. The first-order valence-electron chi connectivity index (χ1n) is 5.93. The van der Waals surface area contributed by atoms with E-state index in [1.807, 2.05) is 0 Å². The number of halogens is 2. The van der Waals surface area contributed by atoms with Crippen molar-refractivity contribution in [1.29, 1.82) is 0 Å². The van der Waals surface area contributed by atoms with Crippen LogP contribution in [0.1, 0.15) is 6.92 Å². The molecular formula is C12H12ClFN4OS2. The molecule has 2 N–H and O–H groups in total. The number of hydrogen-bond acceptors (Lipinski definition) is 6. The van der Waals surface area contributed by atoms with E-state index < -0.39 is 5.82 Å². The lowest BCUT2D eigenvalue weighted by atomic mass is 10.3. The van der Waals surface area contributed by atoms with Gasteiger partial charge in [0.05, 0.1) is 16.0 Å². The first kappa shape index (κ1) is 16.0. The quantitative estimate of drug-likeness (QED) is 0.811. The fraction of sp³-hybridized carbons (Fsp3) is 0.250. The molecular weight excluding hydrogens is 335 g/mol. The van der Waals surface area contributed by atoms with Crippen molar-refractivity contribution in [2.75, 3.05) is 17.7 Å². The highest BCUT2D eigenvalue weighted by Gasteiger charge is 2.18. The van der Waals surface area contributed by atoms with Gasteiger partial charge in [-0.3, -0.25) is 4.79 Å². The summed E-state index contributed by atoms with van der Waals surface area (Å²) in [5.41, 5.74) is 0.378. The third kappa shape index (κ3) is 4.29. The molecule has 21 heavy (non-hydrogen) atoms. The number of aromatic nitrogens is 2. The summed E-state index contributed by atoms with van der Waals surface area (Å²) in [7, 11) is 1.75. The van der Waals surface area contributed by atoms with Gasteiger partial charge < -0.3 is 10.6 Å². The molecule has 0 radical (unpaired) electrons. The van der Waals surface area contributed by atoms with Crippen LogP contribution in [0.2, 0.25) is 5.02 Å². The third-order valence-corrected chi connectivity index (χ3v) is 4.89. The molecule has 0 saturated heterocycles. The monoisotopic (exact) mass is 346 g/mol. The predicted molar refractivity (Wildman–Crippen MR) is 84.8 cm³/mol. The lowest BCUT2D eigenvalue weighted by molar-refractivity contribution is -0.115. The molecule has 1 aromatic carbocycles. The molecule has 0 bridgehead atoms. The molecule has 112 valence electrons. The van der Waals surface area contributed by atoms with Gasteiger partial charge in [0, 0.05) is 7.05 Å². The van der Waals surface area contributed by atoms with Crippen molar-refractivity contribution in [3.05, 3.63) is 29.0 Å². The number of amides is 1. The first-order chi connectivity index (χ1) is 9.99. The van der Waals surface area contributed by atoms with E-state index in [2.05, 4.69) is 20.8 Å². The Labute approximate surface area is 134 Å². The van der Waals surface area contributed by atoms with Gasteiger partial charge in [-0.2, -0.15) is 0 Å². The normalized spacial score (nSPS) is 12.0. The Morgan fingerprint density at radius 2 is 2.24 bits per heavy atom. The molecule has 0 aliphatic rings. The zero-order valence-electron chi connectivity index (χ0n) is 11.2. The lowest BCUT2D eigenvalue weighted by Gasteiger charge is -2.11. The molecule has 2 aromatic rings. The number of nitrogens with zero attached hydrogens (tertiary/aromatic N) is 2. The van der Waals surface area contributed by atoms with Gasteiger partial charge in [-0.1, -0.05) is 34.7 Å². The highest BCUT2D eigenvalue weighted by Crippen LogP contribution is 2.30. The predicted octanol–water partition coefficient (Wildman–Crippen LogP) is 3.49. The summed E-state index contributed by atoms with van der Waals surface area (Å²) < 4.78 is 13.6. The van der Waals surface area contributed by atoms with E-state index in [4.69, 9.17) is 11.6 Å². The second-order valence-electron chi connectivity index (χ2n) is 4.00. The van der Waals surface area contributed by atoms with Gasteiger partial charge in [0.25, 0.3) is 0 Å². The Kier molecular flexibility index (Phi) is 5.38. The molecule has 1 heterocycles. The number of nitrogens with one attached hydrogen (secondary N) is 2. The molecule has 1 amide bonds. The van der Waals surface area contributed by atoms with Crippen LogP contribution in [0.25, 0.3) is 0 Å².